The molecule has 1 aromatic rings. The lowest BCUT2D eigenvalue weighted by Crippen LogP contribution is -2.33. The molecule has 0 bridgehead atoms. The van der Waals surface area contributed by atoms with E-state index in [-0.39, 0.29) is 0 Å². The zero-order valence-corrected chi connectivity index (χ0v) is 12.2. The topological polar surface area (TPSA) is 21.3 Å². The van der Waals surface area contributed by atoms with Crippen LogP contribution in [0.5, 0.6) is 0 Å². The van der Waals surface area contributed by atoms with Gasteiger partial charge in [-0.25, -0.2) is 0 Å². The predicted molar refractivity (Wildman–Crippen MR) is 78.0 cm³/mol. The van der Waals surface area contributed by atoms with Crippen molar-refractivity contribution in [3.63, 3.8) is 0 Å². The molecule has 1 aromatic carbocycles. The minimum atomic E-state index is 0.371. The van der Waals surface area contributed by atoms with Crippen LogP contribution in [0.3, 0.4) is 0 Å². The molecule has 2 heteroatoms. The maximum atomic E-state index is 5.77. The molecule has 0 radical (unpaired) electrons. The Morgan fingerprint density at radius 1 is 1.11 bits per heavy atom. The first-order chi connectivity index (χ1) is 9.04. The lowest BCUT2D eigenvalue weighted by molar-refractivity contribution is 0.155. The Kier molecular flexibility index (Phi) is 3.40. The van der Waals surface area contributed by atoms with Crippen LogP contribution in [0.15, 0.2) is 30.3 Å². The summed E-state index contributed by atoms with van der Waals surface area (Å²) in [6.07, 6.45) is 1.22. The third-order valence-electron chi connectivity index (χ3n) is 4.50. The van der Waals surface area contributed by atoms with Crippen molar-refractivity contribution in [1.82, 2.24) is 5.32 Å². The van der Waals surface area contributed by atoms with Crippen molar-refractivity contribution >= 4 is 0 Å². The molecule has 2 heterocycles. The Morgan fingerprint density at radius 3 is 2.47 bits per heavy atom. The van der Waals surface area contributed by atoms with Crippen molar-refractivity contribution in [2.45, 2.75) is 39.3 Å². The molecule has 0 saturated carbocycles. The fourth-order valence-corrected chi connectivity index (χ4v) is 3.70. The van der Waals surface area contributed by atoms with Crippen molar-refractivity contribution in [2.24, 2.45) is 17.3 Å². The van der Waals surface area contributed by atoms with Crippen LogP contribution in [-0.2, 0) is 4.74 Å². The van der Waals surface area contributed by atoms with Gasteiger partial charge in [0.2, 0.25) is 0 Å². The van der Waals surface area contributed by atoms with Gasteiger partial charge in [0.25, 0.3) is 0 Å². The van der Waals surface area contributed by atoms with E-state index in [1.54, 1.807) is 0 Å². The molecule has 2 aliphatic heterocycles. The molecule has 2 aliphatic rings. The van der Waals surface area contributed by atoms with Crippen LogP contribution in [0, 0.1) is 17.3 Å². The molecular formula is C17H25NO. The zero-order valence-electron chi connectivity index (χ0n) is 12.2. The molecule has 0 aliphatic carbocycles. The number of rotatable bonds is 2. The van der Waals surface area contributed by atoms with Crippen LogP contribution < -0.4 is 5.32 Å². The van der Waals surface area contributed by atoms with E-state index in [9.17, 15) is 0 Å². The van der Waals surface area contributed by atoms with Gasteiger partial charge in [0.1, 0.15) is 0 Å². The molecule has 4 unspecified atom stereocenters. The number of fused-ring (bicyclic) bond motifs is 1. The Morgan fingerprint density at radius 2 is 1.79 bits per heavy atom. The first-order valence-electron chi connectivity index (χ1n) is 7.43. The van der Waals surface area contributed by atoms with Gasteiger partial charge in [-0.15, -0.1) is 0 Å². The largest absolute Gasteiger partial charge is 0.381 e. The van der Waals surface area contributed by atoms with Crippen LogP contribution in [0.4, 0.5) is 0 Å². The highest BCUT2D eigenvalue weighted by molar-refractivity contribution is 5.23. The molecule has 104 valence electrons. The van der Waals surface area contributed by atoms with Crippen LogP contribution in [0.2, 0.25) is 0 Å². The quantitative estimate of drug-likeness (QED) is 0.879. The van der Waals surface area contributed by atoms with Crippen LogP contribution in [0.25, 0.3) is 0 Å². The van der Waals surface area contributed by atoms with Gasteiger partial charge in [-0.05, 0) is 17.4 Å². The summed E-state index contributed by atoms with van der Waals surface area (Å²) in [5, 5.41) is 3.89. The van der Waals surface area contributed by atoms with Gasteiger partial charge in [0.05, 0.1) is 13.2 Å². The molecule has 0 amide bonds. The molecule has 4 atom stereocenters. The lowest BCUT2D eigenvalue weighted by Gasteiger charge is -2.26. The monoisotopic (exact) mass is 259 g/mol. The highest BCUT2D eigenvalue weighted by Crippen LogP contribution is 2.44. The number of nitrogens with one attached hydrogen (secondary N) is 1. The number of hydrogen-bond acceptors (Lipinski definition) is 2. The smallest absolute Gasteiger partial charge is 0.0516 e. The summed E-state index contributed by atoms with van der Waals surface area (Å²) in [7, 11) is 0. The number of benzene rings is 1. The van der Waals surface area contributed by atoms with Crippen LogP contribution in [0.1, 0.15) is 38.8 Å². The summed E-state index contributed by atoms with van der Waals surface area (Å²) < 4.78 is 5.77. The second kappa shape index (κ2) is 4.92. The molecule has 1 N–H and O–H groups in total. The van der Waals surface area contributed by atoms with Crippen molar-refractivity contribution in [3.8, 4) is 0 Å². The predicted octanol–water partition coefficient (Wildman–Crippen LogP) is 3.40. The molecular weight excluding hydrogens is 234 g/mol. The second-order valence-electron chi connectivity index (χ2n) is 7.29. The van der Waals surface area contributed by atoms with E-state index in [0.29, 0.717) is 29.3 Å². The number of ether oxygens (including phenoxy) is 1. The SMILES string of the molecule is CC(C)(C)CC1NC(c2ccccc2)C2COCC12. The van der Waals surface area contributed by atoms with Gasteiger partial charge in [0, 0.05) is 23.9 Å². The number of hydrogen-bond donors (Lipinski definition) is 1. The van der Waals surface area contributed by atoms with E-state index >= 15 is 0 Å². The summed E-state index contributed by atoms with van der Waals surface area (Å²) in [6, 6.07) is 11.9. The summed E-state index contributed by atoms with van der Waals surface area (Å²) in [5.41, 5.74) is 1.79. The van der Waals surface area contributed by atoms with Crippen LogP contribution >= 0.6 is 0 Å². The Hall–Kier alpha value is -0.860. The van der Waals surface area contributed by atoms with Gasteiger partial charge in [-0.2, -0.15) is 0 Å². The van der Waals surface area contributed by atoms with Crippen molar-refractivity contribution in [3.05, 3.63) is 35.9 Å². The summed E-state index contributed by atoms with van der Waals surface area (Å²) in [4.78, 5) is 0. The molecule has 0 aromatic heterocycles. The second-order valence-corrected chi connectivity index (χ2v) is 7.29. The zero-order chi connectivity index (χ0) is 13.5. The molecule has 2 nitrogen and oxygen atoms in total. The maximum absolute atomic E-state index is 5.77. The fourth-order valence-electron chi connectivity index (χ4n) is 3.70. The minimum absolute atomic E-state index is 0.371. The first-order valence-corrected chi connectivity index (χ1v) is 7.43. The highest BCUT2D eigenvalue weighted by Gasteiger charge is 2.47. The highest BCUT2D eigenvalue weighted by atomic mass is 16.5. The van der Waals surface area contributed by atoms with E-state index in [0.717, 1.165) is 13.2 Å². The average molecular weight is 259 g/mol. The molecule has 0 spiro atoms. The Bertz CT molecular complexity index is 423. The Balaban J connectivity index is 1.81. The van der Waals surface area contributed by atoms with Gasteiger partial charge in [-0.1, -0.05) is 51.1 Å². The summed E-state index contributed by atoms with van der Waals surface area (Å²) in [6.45, 7) is 8.83. The summed E-state index contributed by atoms with van der Waals surface area (Å²) >= 11 is 0. The first kappa shape index (κ1) is 13.1. The molecule has 3 rings (SSSR count). The van der Waals surface area contributed by atoms with Gasteiger partial charge in [-0.3, -0.25) is 0 Å². The minimum Gasteiger partial charge on any atom is -0.381 e. The molecule has 19 heavy (non-hydrogen) atoms. The van der Waals surface area contributed by atoms with Crippen molar-refractivity contribution in [2.75, 3.05) is 13.2 Å². The van der Waals surface area contributed by atoms with E-state index in [2.05, 4.69) is 56.4 Å². The lowest BCUT2D eigenvalue weighted by atomic mass is 9.81. The normalized spacial score (nSPS) is 34.5. The summed E-state index contributed by atoms with van der Waals surface area (Å²) in [5.74, 6) is 1.33. The van der Waals surface area contributed by atoms with Crippen molar-refractivity contribution in [1.29, 1.82) is 0 Å². The van der Waals surface area contributed by atoms with Crippen LogP contribution in [-0.4, -0.2) is 19.3 Å². The Labute approximate surface area is 116 Å². The van der Waals surface area contributed by atoms with Crippen molar-refractivity contribution < 1.29 is 4.74 Å². The molecule has 2 fully saturated rings. The van der Waals surface area contributed by atoms with Gasteiger partial charge in [0.15, 0.2) is 0 Å². The third-order valence-corrected chi connectivity index (χ3v) is 4.50. The third kappa shape index (κ3) is 2.70. The van der Waals surface area contributed by atoms with E-state index in [4.69, 9.17) is 4.74 Å². The standard InChI is InChI=1S/C17H25NO/c1-17(2,3)9-15-13-10-19-11-14(13)16(18-15)12-7-5-4-6-8-12/h4-8,13-16,18H,9-11H2,1-3H3. The van der Waals surface area contributed by atoms with Gasteiger partial charge < -0.3 is 10.1 Å². The van der Waals surface area contributed by atoms with E-state index in [1.165, 1.54) is 12.0 Å². The fraction of sp³-hybridized carbons (Fsp3) is 0.647. The maximum Gasteiger partial charge on any atom is 0.0516 e. The van der Waals surface area contributed by atoms with E-state index < -0.39 is 0 Å². The van der Waals surface area contributed by atoms with Gasteiger partial charge >= 0.3 is 0 Å². The van der Waals surface area contributed by atoms with E-state index in [1.807, 2.05) is 0 Å². The molecule has 2 saturated heterocycles. The average Bonchev–Trinajstić information content (AvgIpc) is 2.92.